The number of aromatic nitrogens is 2. The highest BCUT2D eigenvalue weighted by atomic mass is 16.2. The molecule has 4 heteroatoms. The van der Waals surface area contributed by atoms with Crippen LogP contribution in [0.15, 0.2) is 48.8 Å². The number of benzene rings is 1. The molecule has 138 valence electrons. The molecule has 3 heterocycles. The minimum atomic E-state index is 0.162. The maximum atomic E-state index is 13.4. The van der Waals surface area contributed by atoms with E-state index >= 15 is 0 Å². The molecule has 0 bridgehead atoms. The van der Waals surface area contributed by atoms with Crippen LogP contribution in [0.3, 0.4) is 0 Å². The van der Waals surface area contributed by atoms with Gasteiger partial charge in [-0.1, -0.05) is 24.3 Å². The van der Waals surface area contributed by atoms with Gasteiger partial charge in [-0.3, -0.25) is 9.78 Å². The first-order valence-electron chi connectivity index (χ1n) is 10.1. The molecule has 0 radical (unpaired) electrons. The smallest absolute Gasteiger partial charge is 0.243 e. The molecule has 1 atom stereocenters. The summed E-state index contributed by atoms with van der Waals surface area (Å²) >= 11 is 0. The van der Waals surface area contributed by atoms with E-state index in [2.05, 4.69) is 44.8 Å². The monoisotopic (exact) mass is 359 g/mol. The maximum absolute atomic E-state index is 13.4. The summed E-state index contributed by atoms with van der Waals surface area (Å²) in [6.45, 7) is 1.30. The number of carbonyl (C=O) groups excluding carboxylic acids is 1. The Labute approximate surface area is 159 Å². The van der Waals surface area contributed by atoms with Crippen LogP contribution < -0.4 is 0 Å². The second-order valence-corrected chi connectivity index (χ2v) is 7.77. The normalized spacial score (nSPS) is 19.4. The Morgan fingerprint density at radius 3 is 2.89 bits per heavy atom. The molecule has 1 fully saturated rings. The van der Waals surface area contributed by atoms with E-state index in [1.807, 2.05) is 12.3 Å². The van der Waals surface area contributed by atoms with E-state index < -0.39 is 0 Å². The van der Waals surface area contributed by atoms with Gasteiger partial charge in [0.25, 0.3) is 0 Å². The Hall–Kier alpha value is -2.62. The zero-order chi connectivity index (χ0) is 18.2. The number of amides is 1. The molecule has 1 amide bonds. The van der Waals surface area contributed by atoms with Gasteiger partial charge < -0.3 is 9.47 Å². The predicted molar refractivity (Wildman–Crippen MR) is 107 cm³/mol. The van der Waals surface area contributed by atoms with Crippen molar-refractivity contribution in [3.63, 3.8) is 0 Å². The summed E-state index contributed by atoms with van der Waals surface area (Å²) in [7, 11) is 0. The number of aryl methyl sites for hydroxylation is 1. The first-order valence-corrected chi connectivity index (χ1v) is 10.1. The second-order valence-electron chi connectivity index (χ2n) is 7.77. The molecule has 1 saturated heterocycles. The predicted octanol–water partition coefficient (Wildman–Crippen LogP) is 4.28. The summed E-state index contributed by atoms with van der Waals surface area (Å²) in [5.74, 6) is 0.235. The molecule has 4 nitrogen and oxygen atoms in total. The lowest BCUT2D eigenvalue weighted by Gasteiger charge is -2.36. The third-order valence-corrected chi connectivity index (χ3v) is 6.22. The van der Waals surface area contributed by atoms with Gasteiger partial charge in [0.2, 0.25) is 5.91 Å². The van der Waals surface area contributed by atoms with Crippen LogP contribution in [0.25, 0.3) is 10.9 Å². The van der Waals surface area contributed by atoms with E-state index in [4.69, 9.17) is 0 Å². The third-order valence-electron chi connectivity index (χ3n) is 6.22. The third kappa shape index (κ3) is 2.84. The molecular formula is C23H25N3O. The number of fused-ring (bicyclic) bond motifs is 3. The lowest BCUT2D eigenvalue weighted by atomic mass is 9.96. The van der Waals surface area contributed by atoms with Crippen molar-refractivity contribution in [3.8, 4) is 0 Å². The molecule has 2 aromatic heterocycles. The Bertz CT molecular complexity index is 976. The molecular weight excluding hydrogens is 334 g/mol. The fourth-order valence-corrected chi connectivity index (χ4v) is 4.98. The Balaban J connectivity index is 1.47. The summed E-state index contributed by atoms with van der Waals surface area (Å²) in [4.78, 5) is 19.7. The molecule has 3 aromatic rings. The Kier molecular flexibility index (Phi) is 4.19. The van der Waals surface area contributed by atoms with Crippen LogP contribution in [0.2, 0.25) is 0 Å². The van der Waals surface area contributed by atoms with E-state index in [0.29, 0.717) is 6.54 Å². The zero-order valence-corrected chi connectivity index (χ0v) is 15.6. The largest absolute Gasteiger partial charge is 0.335 e. The second kappa shape index (κ2) is 6.84. The van der Waals surface area contributed by atoms with Crippen molar-refractivity contribution < 1.29 is 4.79 Å². The number of para-hydroxylation sites is 1. The van der Waals surface area contributed by atoms with Gasteiger partial charge in [0, 0.05) is 35.5 Å². The first kappa shape index (κ1) is 16.5. The molecule has 1 aliphatic carbocycles. The number of piperidine rings is 1. The van der Waals surface area contributed by atoms with Crippen molar-refractivity contribution in [2.75, 3.05) is 6.54 Å². The summed E-state index contributed by atoms with van der Waals surface area (Å²) < 4.78 is 2.29. The van der Waals surface area contributed by atoms with Crippen LogP contribution in [0.1, 0.15) is 48.5 Å². The van der Waals surface area contributed by atoms with E-state index in [1.54, 1.807) is 6.20 Å². The van der Waals surface area contributed by atoms with Gasteiger partial charge in [0.15, 0.2) is 0 Å². The summed E-state index contributed by atoms with van der Waals surface area (Å²) in [5.41, 5.74) is 5.21. The minimum absolute atomic E-state index is 0.162. The zero-order valence-electron chi connectivity index (χ0n) is 15.6. The molecule has 1 aliphatic heterocycles. The Morgan fingerprint density at radius 1 is 1.07 bits per heavy atom. The number of likely N-dealkylation sites (tertiary alicyclic amines) is 1. The van der Waals surface area contributed by atoms with Gasteiger partial charge in [0.1, 0.15) is 6.54 Å². The molecule has 27 heavy (non-hydrogen) atoms. The lowest BCUT2D eigenvalue weighted by molar-refractivity contribution is -0.135. The van der Waals surface area contributed by atoms with Gasteiger partial charge in [-0.05, 0) is 61.8 Å². The van der Waals surface area contributed by atoms with E-state index in [1.165, 1.54) is 35.0 Å². The molecule has 1 aromatic carbocycles. The number of pyridine rings is 1. The quantitative estimate of drug-likeness (QED) is 0.700. The SMILES string of the molecule is O=C(Cn1c2c(c3ccccc31)CCC2)N1CCCC[C@H]1c1cccnc1. The Morgan fingerprint density at radius 2 is 2.00 bits per heavy atom. The summed E-state index contributed by atoms with van der Waals surface area (Å²) in [6.07, 6.45) is 10.4. The van der Waals surface area contributed by atoms with Gasteiger partial charge in [0.05, 0.1) is 6.04 Å². The highest BCUT2D eigenvalue weighted by molar-refractivity contribution is 5.88. The number of hydrogen-bond acceptors (Lipinski definition) is 2. The highest BCUT2D eigenvalue weighted by Gasteiger charge is 2.30. The summed E-state index contributed by atoms with van der Waals surface area (Å²) in [6, 6.07) is 12.8. The van der Waals surface area contributed by atoms with E-state index in [-0.39, 0.29) is 11.9 Å². The molecule has 2 aliphatic rings. The van der Waals surface area contributed by atoms with Crippen molar-refractivity contribution in [2.24, 2.45) is 0 Å². The van der Waals surface area contributed by atoms with Gasteiger partial charge in [-0.15, -0.1) is 0 Å². The van der Waals surface area contributed by atoms with Gasteiger partial charge in [-0.2, -0.15) is 0 Å². The van der Waals surface area contributed by atoms with Crippen LogP contribution in [0.5, 0.6) is 0 Å². The number of carbonyl (C=O) groups is 1. The lowest BCUT2D eigenvalue weighted by Crippen LogP contribution is -2.40. The molecule has 0 saturated carbocycles. The van der Waals surface area contributed by atoms with Crippen LogP contribution in [0.4, 0.5) is 0 Å². The fraction of sp³-hybridized carbons (Fsp3) is 0.391. The molecule has 0 unspecified atom stereocenters. The highest BCUT2D eigenvalue weighted by Crippen LogP contribution is 2.34. The van der Waals surface area contributed by atoms with Crippen molar-refractivity contribution in [3.05, 3.63) is 65.6 Å². The molecule has 0 N–H and O–H groups in total. The number of rotatable bonds is 3. The van der Waals surface area contributed by atoms with Crippen LogP contribution in [-0.2, 0) is 24.2 Å². The van der Waals surface area contributed by atoms with Crippen LogP contribution in [-0.4, -0.2) is 26.9 Å². The molecule has 5 rings (SSSR count). The van der Waals surface area contributed by atoms with E-state index in [0.717, 1.165) is 37.8 Å². The average molecular weight is 359 g/mol. The van der Waals surface area contributed by atoms with Crippen molar-refractivity contribution in [1.82, 2.24) is 14.5 Å². The number of nitrogens with zero attached hydrogens (tertiary/aromatic N) is 3. The number of hydrogen-bond donors (Lipinski definition) is 0. The van der Waals surface area contributed by atoms with Gasteiger partial charge >= 0.3 is 0 Å². The summed E-state index contributed by atoms with van der Waals surface area (Å²) in [5, 5.41) is 1.33. The van der Waals surface area contributed by atoms with Crippen molar-refractivity contribution >= 4 is 16.8 Å². The van der Waals surface area contributed by atoms with Crippen molar-refractivity contribution in [1.29, 1.82) is 0 Å². The van der Waals surface area contributed by atoms with E-state index in [9.17, 15) is 4.79 Å². The maximum Gasteiger partial charge on any atom is 0.243 e. The fourth-order valence-electron chi connectivity index (χ4n) is 4.98. The topological polar surface area (TPSA) is 38.1 Å². The van der Waals surface area contributed by atoms with Crippen LogP contribution >= 0.6 is 0 Å². The molecule has 0 spiro atoms. The van der Waals surface area contributed by atoms with Crippen LogP contribution in [0, 0.1) is 0 Å². The standard InChI is InChI=1S/C23H25N3O/c27-23(25-14-4-3-10-20(25)17-7-6-13-24-15-17)16-26-21-11-2-1-8-18(21)19-9-5-12-22(19)26/h1-2,6-8,11,13,15,20H,3-5,9-10,12,14,16H2/t20-/m0/s1. The average Bonchev–Trinajstić information content (AvgIpc) is 3.31. The minimum Gasteiger partial charge on any atom is -0.335 e. The van der Waals surface area contributed by atoms with Crippen molar-refractivity contribution in [2.45, 2.75) is 51.1 Å². The first-order chi connectivity index (χ1) is 13.3. The van der Waals surface area contributed by atoms with Gasteiger partial charge in [-0.25, -0.2) is 0 Å².